The van der Waals surface area contributed by atoms with E-state index in [1.54, 1.807) is 7.11 Å². The van der Waals surface area contributed by atoms with Crippen molar-refractivity contribution in [2.75, 3.05) is 13.7 Å². The molecule has 0 spiro atoms. The molecule has 3 nitrogen and oxygen atoms in total. The summed E-state index contributed by atoms with van der Waals surface area (Å²) in [6.45, 7) is 8.78. The van der Waals surface area contributed by atoms with Crippen LogP contribution < -0.4 is 0 Å². The molecule has 0 aromatic carbocycles. The Morgan fingerprint density at radius 3 is 2.47 bits per heavy atom. The predicted molar refractivity (Wildman–Crippen MR) is 59.3 cm³/mol. The fourth-order valence-corrected chi connectivity index (χ4v) is 2.04. The molecule has 1 heterocycles. The van der Waals surface area contributed by atoms with E-state index in [1.165, 1.54) is 0 Å². The molecule has 88 valence electrons. The number of hydrogen-bond donors (Lipinski definition) is 1. The van der Waals surface area contributed by atoms with E-state index in [-0.39, 0.29) is 5.41 Å². The third kappa shape index (κ3) is 2.34. The Labute approximate surface area is 92.1 Å². The average molecular weight is 214 g/mol. The minimum Gasteiger partial charge on any atom is -0.497 e. The Morgan fingerprint density at radius 1 is 1.47 bits per heavy atom. The summed E-state index contributed by atoms with van der Waals surface area (Å²) in [5.74, 6) is -0.254. The zero-order chi connectivity index (χ0) is 11.7. The monoisotopic (exact) mass is 214 g/mol. The van der Waals surface area contributed by atoms with Gasteiger partial charge < -0.3 is 14.6 Å². The Bertz CT molecular complexity index is 263. The van der Waals surface area contributed by atoms with Crippen molar-refractivity contribution in [2.24, 2.45) is 5.41 Å². The lowest BCUT2D eigenvalue weighted by Gasteiger charge is -2.39. The van der Waals surface area contributed by atoms with Crippen LogP contribution in [0.3, 0.4) is 0 Å². The highest BCUT2D eigenvalue weighted by Crippen LogP contribution is 2.40. The van der Waals surface area contributed by atoms with Crippen LogP contribution in [0.1, 0.15) is 40.5 Å². The molecule has 0 bridgehead atoms. The highest BCUT2D eigenvalue weighted by atomic mass is 16.6. The van der Waals surface area contributed by atoms with Gasteiger partial charge in [0.15, 0.2) is 5.79 Å². The Balaban J connectivity index is 3.18. The summed E-state index contributed by atoms with van der Waals surface area (Å²) < 4.78 is 10.9. The van der Waals surface area contributed by atoms with E-state index in [0.717, 1.165) is 17.8 Å². The Hall–Kier alpha value is -0.540. The number of hydrogen-bond acceptors (Lipinski definition) is 3. The van der Waals surface area contributed by atoms with Crippen molar-refractivity contribution < 1.29 is 14.6 Å². The third-order valence-electron chi connectivity index (χ3n) is 2.81. The van der Waals surface area contributed by atoms with Gasteiger partial charge >= 0.3 is 0 Å². The van der Waals surface area contributed by atoms with E-state index in [1.807, 2.05) is 6.92 Å². The lowest BCUT2D eigenvalue weighted by atomic mass is 9.84. The third-order valence-corrected chi connectivity index (χ3v) is 2.81. The highest BCUT2D eigenvalue weighted by Gasteiger charge is 2.40. The van der Waals surface area contributed by atoms with Crippen LogP contribution in [-0.4, -0.2) is 24.6 Å². The summed E-state index contributed by atoms with van der Waals surface area (Å²) in [4.78, 5) is 0. The molecular weight excluding hydrogens is 192 g/mol. The summed E-state index contributed by atoms with van der Waals surface area (Å²) >= 11 is 0. The van der Waals surface area contributed by atoms with Gasteiger partial charge in [-0.3, -0.25) is 0 Å². The lowest BCUT2D eigenvalue weighted by Crippen LogP contribution is -2.41. The van der Waals surface area contributed by atoms with Crippen molar-refractivity contribution in [3.05, 3.63) is 11.3 Å². The van der Waals surface area contributed by atoms with Crippen molar-refractivity contribution in [1.82, 2.24) is 0 Å². The molecule has 0 saturated heterocycles. The second kappa shape index (κ2) is 4.14. The molecule has 0 amide bonds. The molecule has 0 radical (unpaired) electrons. The van der Waals surface area contributed by atoms with Crippen LogP contribution in [0.4, 0.5) is 0 Å². The Kier molecular flexibility index (Phi) is 3.46. The van der Waals surface area contributed by atoms with E-state index >= 15 is 0 Å². The fourth-order valence-electron chi connectivity index (χ4n) is 2.04. The first kappa shape index (κ1) is 12.5. The molecule has 0 aromatic heterocycles. The summed E-state index contributed by atoms with van der Waals surface area (Å²) in [7, 11) is 1.54. The molecule has 1 aliphatic rings. The number of rotatable bonds is 2. The van der Waals surface area contributed by atoms with Crippen LogP contribution in [0, 0.1) is 5.41 Å². The fraction of sp³-hybridized carbons (Fsp3) is 0.833. The zero-order valence-electron chi connectivity index (χ0n) is 10.4. The van der Waals surface area contributed by atoms with Gasteiger partial charge in [0.25, 0.3) is 0 Å². The standard InChI is InChI=1S/C12H22O3/c1-6-9-10(11(2,3)4)15-8-7-12(9,13)14-5/h13H,6-8H2,1-5H3. The molecule has 1 atom stereocenters. The van der Waals surface area contributed by atoms with Crippen molar-refractivity contribution in [3.63, 3.8) is 0 Å². The van der Waals surface area contributed by atoms with Crippen LogP contribution in [0.2, 0.25) is 0 Å². The molecule has 0 fully saturated rings. The van der Waals surface area contributed by atoms with Crippen LogP contribution in [-0.2, 0) is 9.47 Å². The van der Waals surface area contributed by atoms with Crippen LogP contribution in [0.25, 0.3) is 0 Å². The summed E-state index contributed by atoms with van der Waals surface area (Å²) in [5, 5.41) is 10.3. The normalized spacial score (nSPS) is 27.9. The number of aliphatic hydroxyl groups is 1. The van der Waals surface area contributed by atoms with E-state index in [4.69, 9.17) is 9.47 Å². The van der Waals surface area contributed by atoms with Gasteiger partial charge in [-0.2, -0.15) is 0 Å². The van der Waals surface area contributed by atoms with E-state index in [2.05, 4.69) is 20.8 Å². The van der Waals surface area contributed by atoms with Crippen LogP contribution in [0.15, 0.2) is 11.3 Å². The van der Waals surface area contributed by atoms with Crippen molar-refractivity contribution >= 4 is 0 Å². The van der Waals surface area contributed by atoms with Gasteiger partial charge in [-0.15, -0.1) is 0 Å². The lowest BCUT2D eigenvalue weighted by molar-refractivity contribution is -0.181. The second-order valence-electron chi connectivity index (χ2n) is 5.00. The molecule has 1 rings (SSSR count). The minimum absolute atomic E-state index is 0.0850. The quantitative estimate of drug-likeness (QED) is 0.718. The summed E-state index contributed by atoms with van der Waals surface area (Å²) in [5.41, 5.74) is 0.793. The second-order valence-corrected chi connectivity index (χ2v) is 5.00. The first-order valence-corrected chi connectivity index (χ1v) is 5.49. The number of allylic oxidation sites excluding steroid dienone is 1. The van der Waals surface area contributed by atoms with Crippen LogP contribution >= 0.6 is 0 Å². The van der Waals surface area contributed by atoms with Gasteiger partial charge in [-0.1, -0.05) is 27.7 Å². The smallest absolute Gasteiger partial charge is 0.194 e. The molecule has 0 saturated carbocycles. The SMILES string of the molecule is CCC1=C(C(C)(C)C)OCCC1(O)OC. The van der Waals surface area contributed by atoms with Crippen molar-refractivity contribution in [3.8, 4) is 0 Å². The van der Waals surface area contributed by atoms with Gasteiger partial charge in [0.1, 0.15) is 5.76 Å². The van der Waals surface area contributed by atoms with E-state index in [9.17, 15) is 5.11 Å². The maximum atomic E-state index is 10.3. The van der Waals surface area contributed by atoms with Gasteiger partial charge in [0.2, 0.25) is 0 Å². The predicted octanol–water partition coefficient (Wildman–Crippen LogP) is 2.45. The minimum atomic E-state index is -1.13. The maximum Gasteiger partial charge on any atom is 0.194 e. The molecule has 1 aliphatic heterocycles. The van der Waals surface area contributed by atoms with Crippen LogP contribution in [0.5, 0.6) is 0 Å². The zero-order valence-corrected chi connectivity index (χ0v) is 10.4. The molecule has 3 heteroatoms. The number of ether oxygens (including phenoxy) is 2. The first-order chi connectivity index (χ1) is 6.85. The molecule has 1 N–H and O–H groups in total. The topological polar surface area (TPSA) is 38.7 Å². The average Bonchev–Trinajstić information content (AvgIpc) is 2.16. The summed E-state index contributed by atoms with van der Waals surface area (Å²) in [6, 6.07) is 0. The number of methoxy groups -OCH3 is 1. The summed E-state index contributed by atoms with van der Waals surface area (Å²) in [6.07, 6.45) is 1.25. The van der Waals surface area contributed by atoms with Crippen molar-refractivity contribution in [1.29, 1.82) is 0 Å². The molecule has 1 unspecified atom stereocenters. The van der Waals surface area contributed by atoms with Gasteiger partial charge in [-0.25, -0.2) is 0 Å². The maximum absolute atomic E-state index is 10.3. The molecule has 0 aromatic rings. The van der Waals surface area contributed by atoms with Gasteiger partial charge in [0.05, 0.1) is 6.61 Å². The highest BCUT2D eigenvalue weighted by molar-refractivity contribution is 5.23. The molecule has 15 heavy (non-hydrogen) atoms. The van der Waals surface area contributed by atoms with E-state index < -0.39 is 5.79 Å². The largest absolute Gasteiger partial charge is 0.497 e. The first-order valence-electron chi connectivity index (χ1n) is 5.49. The van der Waals surface area contributed by atoms with E-state index in [0.29, 0.717) is 13.0 Å². The van der Waals surface area contributed by atoms with Gasteiger partial charge in [-0.05, 0) is 6.42 Å². The molecular formula is C12H22O3. The van der Waals surface area contributed by atoms with Crippen molar-refractivity contribution in [2.45, 2.75) is 46.3 Å². The Morgan fingerprint density at radius 2 is 2.07 bits per heavy atom. The van der Waals surface area contributed by atoms with Gasteiger partial charge in [0, 0.05) is 24.5 Å². The molecule has 0 aliphatic carbocycles.